The molecule has 0 spiro atoms. The van der Waals surface area contributed by atoms with Gasteiger partial charge in [0, 0.05) is 5.92 Å². The molecule has 5 nitrogen and oxygen atoms in total. The average molecular weight is 388 g/mol. The maximum Gasteiger partial charge on any atom is 0.238 e. The van der Waals surface area contributed by atoms with Crippen molar-refractivity contribution in [1.82, 2.24) is 10.6 Å². The molecular weight excluding hydrogens is 367 g/mol. The number of rotatable bonds is 4. The third-order valence-electron chi connectivity index (χ3n) is 5.87. The van der Waals surface area contributed by atoms with E-state index < -0.39 is 11.4 Å². The monoisotopic (exact) mass is 388 g/mol. The van der Waals surface area contributed by atoms with E-state index >= 15 is 0 Å². The predicted molar refractivity (Wildman–Crippen MR) is 106 cm³/mol. The number of piperidine rings is 1. The molecule has 1 saturated carbocycles. The smallest absolute Gasteiger partial charge is 0.238 e. The molecule has 1 heterocycles. The molecule has 3 atom stereocenters. The maximum absolute atomic E-state index is 13.9. The summed E-state index contributed by atoms with van der Waals surface area (Å²) >= 11 is 0. The minimum atomic E-state index is -0.849. The van der Waals surface area contributed by atoms with Crippen molar-refractivity contribution in [2.45, 2.75) is 43.2 Å². The van der Waals surface area contributed by atoms with Gasteiger partial charge in [-0.1, -0.05) is 36.8 Å². The number of amides is 1. The number of nitrogens with one attached hydrogen (secondary N) is 2. The molecule has 4 rings (SSSR count). The van der Waals surface area contributed by atoms with Crippen LogP contribution in [-0.2, 0) is 4.79 Å². The van der Waals surface area contributed by atoms with Crippen LogP contribution >= 0.6 is 0 Å². The summed E-state index contributed by atoms with van der Waals surface area (Å²) < 4.78 is 13.9. The van der Waals surface area contributed by atoms with Crippen molar-refractivity contribution in [2.24, 2.45) is 0 Å². The van der Waals surface area contributed by atoms with Gasteiger partial charge in [-0.15, -0.1) is 0 Å². The minimum Gasteiger partial charge on any atom is -0.336 e. The van der Waals surface area contributed by atoms with Crippen LogP contribution in [-0.4, -0.2) is 24.0 Å². The summed E-state index contributed by atoms with van der Waals surface area (Å²) in [6.07, 6.45) is 3.48. The lowest BCUT2D eigenvalue weighted by Gasteiger charge is -2.24. The van der Waals surface area contributed by atoms with Crippen LogP contribution in [0.5, 0.6) is 0 Å². The Labute approximate surface area is 169 Å². The Morgan fingerprint density at radius 1 is 1.14 bits per heavy atom. The molecule has 0 radical (unpaired) electrons. The zero-order valence-electron chi connectivity index (χ0n) is 15.9. The van der Waals surface area contributed by atoms with Crippen LogP contribution in [0.4, 0.5) is 4.39 Å². The van der Waals surface area contributed by atoms with Crippen molar-refractivity contribution in [3.8, 4) is 23.3 Å². The molecule has 0 aromatic heterocycles. The van der Waals surface area contributed by atoms with E-state index in [0.29, 0.717) is 12.0 Å². The Balaban J connectivity index is 1.47. The maximum atomic E-state index is 13.9. The van der Waals surface area contributed by atoms with Gasteiger partial charge in [-0.2, -0.15) is 10.5 Å². The SMILES string of the molecule is N#Cc1ccc(-c2ccc([C@@H]3CC3(C#N)NC(=O)[C@@H]3CCCCN3)cc2)cc1F. The molecule has 6 heteroatoms. The Kier molecular flexibility index (Phi) is 5.05. The van der Waals surface area contributed by atoms with Crippen molar-refractivity contribution in [2.75, 3.05) is 6.54 Å². The predicted octanol–water partition coefficient (Wildman–Crippen LogP) is 3.37. The highest BCUT2D eigenvalue weighted by molar-refractivity contribution is 5.84. The standard InChI is InChI=1S/C23H21FN4O/c24-20-11-17(8-9-18(20)13-25)15-4-6-16(7-5-15)19-12-23(19,14-26)28-22(29)21-3-1-2-10-27-21/h4-9,11,19,21,27H,1-3,10,12H2,(H,28,29)/t19-,21-,23?/m0/s1. The van der Waals surface area contributed by atoms with E-state index in [1.807, 2.05) is 30.3 Å². The normalized spacial score (nSPS) is 25.5. The Morgan fingerprint density at radius 2 is 1.90 bits per heavy atom. The van der Waals surface area contributed by atoms with Gasteiger partial charge in [-0.25, -0.2) is 4.39 Å². The molecular formula is C23H21FN4O. The second-order valence-corrected chi connectivity index (χ2v) is 7.76. The third-order valence-corrected chi connectivity index (χ3v) is 5.87. The second kappa shape index (κ2) is 7.66. The summed E-state index contributed by atoms with van der Waals surface area (Å²) in [6.45, 7) is 0.832. The number of halogens is 1. The molecule has 2 aliphatic rings. The first-order chi connectivity index (χ1) is 14.1. The first-order valence-corrected chi connectivity index (χ1v) is 9.83. The van der Waals surface area contributed by atoms with E-state index in [1.54, 1.807) is 6.07 Å². The Morgan fingerprint density at radius 3 is 2.52 bits per heavy atom. The van der Waals surface area contributed by atoms with Gasteiger partial charge in [0.2, 0.25) is 5.91 Å². The number of hydrogen-bond acceptors (Lipinski definition) is 4. The van der Waals surface area contributed by atoms with Crippen LogP contribution in [0.15, 0.2) is 42.5 Å². The Bertz CT molecular complexity index is 1010. The fourth-order valence-electron chi connectivity index (χ4n) is 4.03. The van der Waals surface area contributed by atoms with Crippen molar-refractivity contribution >= 4 is 5.91 Å². The van der Waals surface area contributed by atoms with Gasteiger partial charge in [0.1, 0.15) is 17.4 Å². The van der Waals surface area contributed by atoms with E-state index in [2.05, 4.69) is 16.7 Å². The molecule has 1 saturated heterocycles. The van der Waals surface area contributed by atoms with Crippen LogP contribution in [0.25, 0.3) is 11.1 Å². The molecule has 2 aromatic rings. The number of benzene rings is 2. The first kappa shape index (κ1) is 19.1. The fraction of sp³-hybridized carbons (Fsp3) is 0.348. The number of carbonyl (C=O) groups is 1. The van der Waals surface area contributed by atoms with Crippen LogP contribution in [0.3, 0.4) is 0 Å². The molecule has 29 heavy (non-hydrogen) atoms. The first-order valence-electron chi connectivity index (χ1n) is 9.83. The van der Waals surface area contributed by atoms with Gasteiger partial charge < -0.3 is 10.6 Å². The zero-order chi connectivity index (χ0) is 20.4. The highest BCUT2D eigenvalue weighted by Gasteiger charge is 2.57. The van der Waals surface area contributed by atoms with Crippen molar-refractivity contribution in [3.63, 3.8) is 0 Å². The number of hydrogen-bond donors (Lipinski definition) is 2. The van der Waals surface area contributed by atoms with Crippen molar-refractivity contribution in [3.05, 3.63) is 59.4 Å². The molecule has 1 unspecified atom stereocenters. The summed E-state index contributed by atoms with van der Waals surface area (Å²) in [5, 5.41) is 24.7. The summed E-state index contributed by atoms with van der Waals surface area (Å²) in [5.41, 5.74) is 1.66. The highest BCUT2D eigenvalue weighted by atomic mass is 19.1. The van der Waals surface area contributed by atoms with E-state index in [-0.39, 0.29) is 23.4 Å². The van der Waals surface area contributed by atoms with E-state index in [4.69, 9.17) is 5.26 Å². The van der Waals surface area contributed by atoms with Gasteiger partial charge in [-0.3, -0.25) is 4.79 Å². The van der Waals surface area contributed by atoms with Gasteiger partial charge in [0.15, 0.2) is 0 Å². The minimum absolute atomic E-state index is 0.0188. The molecule has 2 N–H and O–H groups in total. The second-order valence-electron chi connectivity index (χ2n) is 7.76. The quantitative estimate of drug-likeness (QED) is 0.840. The van der Waals surface area contributed by atoms with Crippen LogP contribution < -0.4 is 10.6 Å². The number of nitrogens with zero attached hydrogens (tertiary/aromatic N) is 2. The lowest BCUT2D eigenvalue weighted by Crippen LogP contribution is -2.50. The average Bonchev–Trinajstić information content (AvgIpc) is 3.48. The molecule has 1 aliphatic heterocycles. The van der Waals surface area contributed by atoms with Gasteiger partial charge >= 0.3 is 0 Å². The molecule has 1 amide bonds. The van der Waals surface area contributed by atoms with Crippen molar-refractivity contribution in [1.29, 1.82) is 10.5 Å². The summed E-state index contributed by atoms with van der Waals surface area (Å²) in [4.78, 5) is 12.5. The van der Waals surface area contributed by atoms with Crippen molar-refractivity contribution < 1.29 is 9.18 Å². The lowest BCUT2D eigenvalue weighted by molar-refractivity contribution is -0.124. The summed E-state index contributed by atoms with van der Waals surface area (Å²) in [6, 6.07) is 16.0. The fourth-order valence-corrected chi connectivity index (χ4v) is 4.03. The molecule has 2 aromatic carbocycles. The van der Waals surface area contributed by atoms with E-state index in [1.165, 1.54) is 12.1 Å². The van der Waals surface area contributed by atoms with Gasteiger partial charge in [0.25, 0.3) is 0 Å². The largest absolute Gasteiger partial charge is 0.336 e. The van der Waals surface area contributed by atoms with Crippen LogP contribution in [0, 0.1) is 28.5 Å². The van der Waals surface area contributed by atoms with Gasteiger partial charge in [-0.05, 0) is 54.6 Å². The summed E-state index contributed by atoms with van der Waals surface area (Å²) in [5.74, 6) is -0.691. The molecule has 0 bridgehead atoms. The van der Waals surface area contributed by atoms with E-state index in [9.17, 15) is 14.4 Å². The summed E-state index contributed by atoms with van der Waals surface area (Å²) in [7, 11) is 0. The third kappa shape index (κ3) is 3.72. The van der Waals surface area contributed by atoms with Gasteiger partial charge in [0.05, 0.1) is 17.7 Å². The number of nitriles is 2. The van der Waals surface area contributed by atoms with Crippen LogP contribution in [0.1, 0.15) is 42.7 Å². The number of carbonyl (C=O) groups excluding carboxylic acids is 1. The molecule has 146 valence electrons. The Hall–Kier alpha value is -3.22. The van der Waals surface area contributed by atoms with Crippen LogP contribution in [0.2, 0.25) is 0 Å². The highest BCUT2D eigenvalue weighted by Crippen LogP contribution is 2.51. The van der Waals surface area contributed by atoms with E-state index in [0.717, 1.165) is 36.9 Å². The lowest BCUT2D eigenvalue weighted by atomic mass is 9.99. The molecule has 1 aliphatic carbocycles. The topological polar surface area (TPSA) is 88.7 Å². The zero-order valence-corrected chi connectivity index (χ0v) is 15.9. The molecule has 2 fully saturated rings.